The van der Waals surface area contributed by atoms with Crippen molar-refractivity contribution in [3.05, 3.63) is 59.9 Å². The molecular weight excluding hydrogens is 437 g/mol. The smallest absolute Gasteiger partial charge is 0.317 e. The van der Waals surface area contributed by atoms with E-state index in [1.165, 1.54) is 29.0 Å². The number of carbonyl (C=O) groups excluding carboxylic acids is 1. The molecule has 1 N–H and O–H groups in total. The van der Waals surface area contributed by atoms with Crippen molar-refractivity contribution in [1.82, 2.24) is 20.1 Å². The molecule has 0 saturated carbocycles. The molecular formula is C25H30FN5OS. The number of hydrogen-bond acceptors (Lipinski definition) is 5. The summed E-state index contributed by atoms with van der Waals surface area (Å²) < 4.78 is 14.4. The zero-order valence-corrected chi connectivity index (χ0v) is 19.7. The third-order valence-corrected chi connectivity index (χ3v) is 7.74. The van der Waals surface area contributed by atoms with Crippen LogP contribution in [-0.4, -0.2) is 65.6 Å². The molecule has 2 aliphatic heterocycles. The zero-order chi connectivity index (χ0) is 22.8. The van der Waals surface area contributed by atoms with Gasteiger partial charge < -0.3 is 15.1 Å². The Morgan fingerprint density at radius 2 is 1.91 bits per heavy atom. The molecule has 2 amide bonds. The van der Waals surface area contributed by atoms with Crippen LogP contribution in [-0.2, 0) is 6.54 Å². The van der Waals surface area contributed by atoms with Crippen molar-refractivity contribution in [2.45, 2.75) is 38.4 Å². The first kappa shape index (κ1) is 22.1. The van der Waals surface area contributed by atoms with Crippen LogP contribution in [0.4, 0.5) is 14.3 Å². The van der Waals surface area contributed by atoms with Crippen LogP contribution in [0.15, 0.2) is 48.5 Å². The largest absolute Gasteiger partial charge is 0.344 e. The number of piperazine rings is 1. The third kappa shape index (κ3) is 5.12. The molecule has 5 rings (SSSR count). The number of benzene rings is 2. The summed E-state index contributed by atoms with van der Waals surface area (Å²) in [4.78, 5) is 24.3. The highest BCUT2D eigenvalue weighted by Gasteiger charge is 2.30. The van der Waals surface area contributed by atoms with E-state index in [4.69, 9.17) is 0 Å². The average Bonchev–Trinajstić information content (AvgIpc) is 3.24. The van der Waals surface area contributed by atoms with Crippen LogP contribution >= 0.6 is 11.3 Å². The number of nitrogens with one attached hydrogen (secondary N) is 1. The molecule has 174 valence electrons. The van der Waals surface area contributed by atoms with Crippen LogP contribution in [0.3, 0.4) is 0 Å². The number of likely N-dealkylation sites (tertiary alicyclic amines) is 1. The molecule has 2 fully saturated rings. The molecule has 1 aromatic heterocycles. The Hall–Kier alpha value is -2.71. The molecule has 0 bridgehead atoms. The molecule has 0 aliphatic carbocycles. The van der Waals surface area contributed by atoms with Crippen molar-refractivity contribution in [2.24, 2.45) is 0 Å². The topological polar surface area (TPSA) is 51.7 Å². The van der Waals surface area contributed by atoms with Crippen LogP contribution in [0.2, 0.25) is 0 Å². The Morgan fingerprint density at radius 3 is 2.67 bits per heavy atom. The molecule has 6 nitrogen and oxygen atoms in total. The van der Waals surface area contributed by atoms with Crippen molar-refractivity contribution in [3.8, 4) is 0 Å². The van der Waals surface area contributed by atoms with Crippen molar-refractivity contribution < 1.29 is 9.18 Å². The molecule has 2 aromatic carbocycles. The monoisotopic (exact) mass is 467 g/mol. The minimum atomic E-state index is -0.238. The summed E-state index contributed by atoms with van der Waals surface area (Å²) in [6.45, 7) is 7.17. The van der Waals surface area contributed by atoms with E-state index in [1.54, 1.807) is 6.07 Å². The summed E-state index contributed by atoms with van der Waals surface area (Å²) in [7, 11) is 0. The molecule has 0 spiro atoms. The van der Waals surface area contributed by atoms with Gasteiger partial charge in [0.2, 0.25) is 0 Å². The second-order valence-corrected chi connectivity index (χ2v) is 10.1. The predicted molar refractivity (Wildman–Crippen MR) is 131 cm³/mol. The van der Waals surface area contributed by atoms with E-state index in [2.05, 4.69) is 51.3 Å². The number of urea groups is 1. The van der Waals surface area contributed by atoms with Crippen molar-refractivity contribution >= 4 is 32.7 Å². The average molecular weight is 468 g/mol. The first-order chi connectivity index (χ1) is 16.0. The SMILES string of the molecule is C[C@@H]1CN(c2nc3ccc(F)cc3s2)CCN1C(=O)NC1CCN(Cc2ccccc2)CC1. The number of amides is 2. The van der Waals surface area contributed by atoms with Gasteiger partial charge in [-0.1, -0.05) is 41.7 Å². The quantitative estimate of drug-likeness (QED) is 0.621. The van der Waals surface area contributed by atoms with Gasteiger partial charge in [0, 0.05) is 51.4 Å². The predicted octanol–water partition coefficient (Wildman–Crippen LogP) is 4.32. The summed E-state index contributed by atoms with van der Waals surface area (Å²) in [6.07, 6.45) is 1.96. The lowest BCUT2D eigenvalue weighted by atomic mass is 10.0. The Balaban J connectivity index is 1.11. The van der Waals surface area contributed by atoms with Gasteiger partial charge in [-0.25, -0.2) is 14.2 Å². The summed E-state index contributed by atoms with van der Waals surface area (Å²) in [5, 5.41) is 4.17. The second-order valence-electron chi connectivity index (χ2n) is 9.08. The van der Waals surface area contributed by atoms with E-state index in [0.29, 0.717) is 6.54 Å². The van der Waals surface area contributed by atoms with Crippen molar-refractivity contribution in [1.29, 1.82) is 0 Å². The van der Waals surface area contributed by atoms with Gasteiger partial charge in [-0.15, -0.1) is 0 Å². The van der Waals surface area contributed by atoms with E-state index < -0.39 is 0 Å². The molecule has 8 heteroatoms. The third-order valence-electron chi connectivity index (χ3n) is 6.66. The Morgan fingerprint density at radius 1 is 1.12 bits per heavy atom. The lowest BCUT2D eigenvalue weighted by Crippen LogP contribution is -2.58. The maximum atomic E-state index is 13.5. The maximum absolute atomic E-state index is 13.5. The summed E-state index contributed by atoms with van der Waals surface area (Å²) in [5.41, 5.74) is 2.16. The van der Waals surface area contributed by atoms with Crippen molar-refractivity contribution in [3.63, 3.8) is 0 Å². The van der Waals surface area contributed by atoms with Gasteiger partial charge in [-0.05, 0) is 43.5 Å². The fourth-order valence-electron chi connectivity index (χ4n) is 4.79. The van der Waals surface area contributed by atoms with Gasteiger partial charge >= 0.3 is 6.03 Å². The van der Waals surface area contributed by atoms with Crippen LogP contribution in [0.25, 0.3) is 10.2 Å². The minimum absolute atomic E-state index is 0.0371. The highest BCUT2D eigenvalue weighted by atomic mass is 32.1. The molecule has 3 heterocycles. The van der Waals surface area contributed by atoms with E-state index in [-0.39, 0.29) is 23.9 Å². The highest BCUT2D eigenvalue weighted by molar-refractivity contribution is 7.22. The lowest BCUT2D eigenvalue weighted by Gasteiger charge is -2.41. The number of hydrogen-bond donors (Lipinski definition) is 1. The second kappa shape index (κ2) is 9.65. The van der Waals surface area contributed by atoms with E-state index in [0.717, 1.165) is 60.9 Å². The van der Waals surface area contributed by atoms with E-state index in [1.807, 2.05) is 11.0 Å². The zero-order valence-electron chi connectivity index (χ0n) is 18.9. The van der Waals surface area contributed by atoms with Crippen LogP contribution in [0.1, 0.15) is 25.3 Å². The molecule has 3 aromatic rings. The molecule has 33 heavy (non-hydrogen) atoms. The number of fused-ring (bicyclic) bond motifs is 1. The number of aromatic nitrogens is 1. The molecule has 2 saturated heterocycles. The van der Waals surface area contributed by atoms with Gasteiger partial charge in [0.15, 0.2) is 5.13 Å². The first-order valence-corrected chi connectivity index (χ1v) is 12.5. The standard InChI is InChI=1S/C25H30FN5OS/c1-18-16-30(25-28-22-8-7-20(26)15-23(22)33-25)13-14-31(18)24(32)27-21-9-11-29(12-10-21)17-19-5-3-2-4-6-19/h2-8,15,18,21H,9-14,16-17H2,1H3,(H,27,32)/t18-/m1/s1. The van der Waals surface area contributed by atoms with Crippen LogP contribution in [0, 0.1) is 5.82 Å². The molecule has 0 radical (unpaired) electrons. The Kier molecular flexibility index (Phi) is 6.46. The Labute approximate surface area is 198 Å². The number of anilines is 1. The van der Waals surface area contributed by atoms with Crippen LogP contribution < -0.4 is 10.2 Å². The van der Waals surface area contributed by atoms with Crippen LogP contribution in [0.5, 0.6) is 0 Å². The van der Waals surface area contributed by atoms with Crippen molar-refractivity contribution in [2.75, 3.05) is 37.6 Å². The summed E-state index contributed by atoms with van der Waals surface area (Å²) >= 11 is 1.51. The number of nitrogens with zero attached hydrogens (tertiary/aromatic N) is 4. The van der Waals surface area contributed by atoms with E-state index in [9.17, 15) is 9.18 Å². The maximum Gasteiger partial charge on any atom is 0.317 e. The number of piperidine rings is 1. The van der Waals surface area contributed by atoms with E-state index >= 15 is 0 Å². The first-order valence-electron chi connectivity index (χ1n) is 11.7. The fraction of sp³-hybridized carbons (Fsp3) is 0.440. The van der Waals surface area contributed by atoms with Gasteiger partial charge in [0.25, 0.3) is 0 Å². The summed E-state index contributed by atoms with van der Waals surface area (Å²) in [5.74, 6) is -0.238. The van der Waals surface area contributed by atoms with Gasteiger partial charge in [0.05, 0.1) is 10.2 Å². The normalized spacial score (nSPS) is 20.4. The Bertz CT molecular complexity index is 1100. The summed E-state index contributed by atoms with van der Waals surface area (Å²) in [6, 6.07) is 15.6. The van der Waals surface area contributed by atoms with Gasteiger partial charge in [-0.3, -0.25) is 4.90 Å². The number of carbonyl (C=O) groups is 1. The highest BCUT2D eigenvalue weighted by Crippen LogP contribution is 2.30. The number of rotatable bonds is 4. The van der Waals surface area contributed by atoms with Gasteiger partial charge in [-0.2, -0.15) is 0 Å². The molecule has 2 aliphatic rings. The van der Waals surface area contributed by atoms with Gasteiger partial charge in [0.1, 0.15) is 5.82 Å². The molecule has 1 atom stereocenters. The number of thiazole rings is 1. The fourth-order valence-corrected chi connectivity index (χ4v) is 5.81. The number of halogens is 1. The minimum Gasteiger partial charge on any atom is -0.344 e. The lowest BCUT2D eigenvalue weighted by molar-refractivity contribution is 0.153. The molecule has 0 unspecified atom stereocenters.